The van der Waals surface area contributed by atoms with Crippen LogP contribution in [-0.4, -0.2) is 0 Å². The Morgan fingerprint density at radius 2 is 0.833 bits per heavy atom. The Morgan fingerprint density at radius 3 is 1.62 bits per heavy atom. The topological polar surface area (TPSA) is 0 Å². The summed E-state index contributed by atoms with van der Waals surface area (Å²) in [6.45, 7) is 0. The molecule has 0 bridgehead atoms. The average Bonchev–Trinajstić information content (AvgIpc) is 3.31. The normalized spacial score (nSPS) is 20.3. The van der Waals surface area contributed by atoms with Crippen molar-refractivity contribution < 1.29 is 37.0 Å². The molecule has 0 aliphatic rings. The smallest absolute Gasteiger partial charge is 0.0622 e. The minimum absolute atomic E-state index is 0.522. The van der Waals surface area contributed by atoms with Crippen molar-refractivity contribution in [2.45, 2.75) is 0 Å². The summed E-state index contributed by atoms with van der Waals surface area (Å²) in [6.07, 6.45) is 0. The summed E-state index contributed by atoms with van der Waals surface area (Å²) in [6, 6.07) is -24.2. The van der Waals surface area contributed by atoms with E-state index in [-0.39, 0.29) is 0 Å². The summed E-state index contributed by atoms with van der Waals surface area (Å²) in [5.41, 5.74) is -6.07. The lowest BCUT2D eigenvalue weighted by Gasteiger charge is -2.20. The highest BCUT2D eigenvalue weighted by molar-refractivity contribution is 6.22. The van der Waals surface area contributed by atoms with E-state index in [1.807, 2.05) is 0 Å². The number of hydrogen-bond acceptors (Lipinski definition) is 0. The summed E-state index contributed by atoms with van der Waals surface area (Å²) < 4.78 is 239. The van der Waals surface area contributed by atoms with E-state index in [0.29, 0.717) is 0 Å². The lowest BCUT2D eigenvalue weighted by Crippen LogP contribution is -1.92. The van der Waals surface area contributed by atoms with Crippen molar-refractivity contribution in [2.24, 2.45) is 0 Å². The maximum atomic E-state index is 9.44. The van der Waals surface area contributed by atoms with Gasteiger partial charge in [-0.15, -0.1) is 0 Å². The Morgan fingerprint density at radius 1 is 0.310 bits per heavy atom. The van der Waals surface area contributed by atoms with Gasteiger partial charge in [0.15, 0.2) is 0 Å². The van der Waals surface area contributed by atoms with Gasteiger partial charge in [-0.3, -0.25) is 0 Å². The van der Waals surface area contributed by atoms with Crippen LogP contribution in [0.25, 0.3) is 76.8 Å². The van der Waals surface area contributed by atoms with Crippen LogP contribution in [0.2, 0.25) is 0 Å². The van der Waals surface area contributed by atoms with Crippen LogP contribution in [0.4, 0.5) is 0 Å². The molecule has 0 fully saturated rings. The summed E-state index contributed by atoms with van der Waals surface area (Å²) in [5, 5.41) is -3.70. The van der Waals surface area contributed by atoms with Gasteiger partial charge < -0.3 is 0 Å². The number of hydrogen-bond donors (Lipinski definition) is 0. The zero-order chi connectivity index (χ0) is 51.4. The van der Waals surface area contributed by atoms with Gasteiger partial charge in [0.2, 0.25) is 0 Å². The summed E-state index contributed by atoms with van der Waals surface area (Å²) in [4.78, 5) is 0. The third-order valence-electron chi connectivity index (χ3n) is 6.51. The lowest BCUT2D eigenvalue weighted by molar-refractivity contribution is 1.58. The average molecular weight is 560 g/mol. The fraction of sp³-hybridized carbons (Fsp3) is 0. The van der Waals surface area contributed by atoms with Crippen molar-refractivity contribution in [1.82, 2.24) is 0 Å². The first-order valence-corrected chi connectivity index (χ1v) is 12.3. The fourth-order valence-electron chi connectivity index (χ4n) is 4.73. The molecular weight excluding hydrogens is 504 g/mol. The molecule has 0 aromatic heterocycles. The molecule has 8 aromatic rings. The highest BCUT2D eigenvalue weighted by Crippen LogP contribution is 2.46. The molecule has 0 aliphatic carbocycles. The summed E-state index contributed by atoms with van der Waals surface area (Å²) in [7, 11) is 0. The second-order valence-electron chi connectivity index (χ2n) is 8.83. The first-order valence-electron chi connectivity index (χ1n) is 25.8. The number of fused-ring (bicyclic) bond motifs is 3. The van der Waals surface area contributed by atoms with E-state index in [9.17, 15) is 12.3 Å². The van der Waals surface area contributed by atoms with Gasteiger partial charge in [0, 0.05) is 0 Å². The van der Waals surface area contributed by atoms with Crippen LogP contribution in [0.15, 0.2) is 169 Å². The Balaban J connectivity index is 1.69. The zero-order valence-corrected chi connectivity index (χ0v) is 21.1. The first kappa shape index (κ1) is 9.28. The largest absolute Gasteiger partial charge is 0.0636 e. The lowest BCUT2D eigenvalue weighted by atomic mass is 9.83. The molecule has 0 aliphatic heterocycles. The van der Waals surface area contributed by atoms with E-state index >= 15 is 0 Å². The van der Waals surface area contributed by atoms with Crippen LogP contribution in [0.1, 0.15) is 37.0 Å². The summed E-state index contributed by atoms with van der Waals surface area (Å²) >= 11 is 0. The Bertz CT molecular complexity index is 3690. The van der Waals surface area contributed by atoms with Crippen molar-refractivity contribution in [3.8, 4) is 44.5 Å². The summed E-state index contributed by atoms with van der Waals surface area (Å²) in [5.74, 6) is 0. The quantitative estimate of drug-likeness (QED) is 0.188. The second-order valence-corrected chi connectivity index (χ2v) is 8.83. The minimum atomic E-state index is -1.08. The van der Waals surface area contributed by atoms with E-state index in [1.165, 1.54) is 0 Å². The van der Waals surface area contributed by atoms with Gasteiger partial charge >= 0.3 is 0 Å². The fourth-order valence-corrected chi connectivity index (χ4v) is 4.73. The second kappa shape index (κ2) is 10.2. The van der Waals surface area contributed by atoms with Gasteiger partial charge in [-0.05, 0) is 82.9 Å². The van der Waals surface area contributed by atoms with E-state index in [1.54, 1.807) is 0 Å². The number of benzene rings is 8. The van der Waals surface area contributed by atoms with Crippen molar-refractivity contribution in [2.75, 3.05) is 0 Å². The van der Waals surface area contributed by atoms with Gasteiger partial charge in [0.1, 0.15) is 0 Å². The van der Waals surface area contributed by atoms with Crippen LogP contribution in [0.3, 0.4) is 0 Å². The molecule has 0 saturated carbocycles. The molecule has 0 heteroatoms. The minimum Gasteiger partial charge on any atom is -0.0622 e. The molecule has 0 saturated heterocycles. The molecule has 8 aromatic carbocycles. The molecular formula is C42H28. The molecule has 0 N–H and O–H groups in total. The van der Waals surface area contributed by atoms with E-state index in [0.717, 1.165) is 6.07 Å². The maximum Gasteiger partial charge on any atom is 0.0636 e. The Hall–Kier alpha value is -5.46. The SMILES string of the molecule is [2H]c1cc2c(-c3c([2H])c([2H])c([2H])c([2H])c3-c3c([2H])c([2H])c(-c4c([2H])c([2H])c([2H])c([2H])c4[2H])c([2H])c3[2H])c3c([2H])c([2H])c([2H])c([2H])c3c(-c3c([2H])c([2H])c4c([2H])c([2H])c([2H])c([2H])c4c3[2H])c2c([2H])c1[2H]. The molecule has 0 unspecified atom stereocenters. The van der Waals surface area contributed by atoms with Crippen LogP contribution in [0, 0.1) is 0 Å². The molecule has 0 amide bonds. The highest BCUT2D eigenvalue weighted by Gasteiger charge is 2.18. The maximum absolute atomic E-state index is 9.44. The van der Waals surface area contributed by atoms with Crippen LogP contribution in [0.5, 0.6) is 0 Å². The standard InChI is InChI=1S/C42H28/c1-2-12-29(13-3-1)31-22-25-32(26-23-31)35-16-6-7-17-36(35)42-39-20-10-8-18-37(39)41(38-19-9-11-21-40(38)42)34-27-24-30-14-4-5-15-33(30)28-34/h1-28H/i1D,2D,3D,4D,5D,6D,7D,8D,9D,10D,11D,12D,13D,14D,15D,16D,17D,18D,19D,20D,22D,23D,24D,25D,26D,27D,28D. The molecule has 0 nitrogen and oxygen atoms in total. The highest BCUT2D eigenvalue weighted by atomic mass is 14.2. The number of rotatable bonds is 4. The predicted octanol–water partition coefficient (Wildman–Crippen LogP) is 11.8. The molecule has 42 heavy (non-hydrogen) atoms. The first-order chi connectivity index (χ1) is 32.1. The van der Waals surface area contributed by atoms with Crippen molar-refractivity contribution in [1.29, 1.82) is 0 Å². The van der Waals surface area contributed by atoms with Gasteiger partial charge in [-0.1, -0.05) is 163 Å². The van der Waals surface area contributed by atoms with Crippen LogP contribution in [-0.2, 0) is 0 Å². The van der Waals surface area contributed by atoms with E-state index < -0.39 is 240 Å². The predicted molar refractivity (Wildman–Crippen MR) is 181 cm³/mol. The van der Waals surface area contributed by atoms with Crippen molar-refractivity contribution in [3.63, 3.8) is 0 Å². The van der Waals surface area contributed by atoms with Crippen molar-refractivity contribution in [3.05, 3.63) is 169 Å². The van der Waals surface area contributed by atoms with Crippen LogP contribution < -0.4 is 0 Å². The molecule has 0 heterocycles. The molecule has 8 rings (SSSR count). The van der Waals surface area contributed by atoms with Gasteiger partial charge in [-0.25, -0.2) is 0 Å². The van der Waals surface area contributed by atoms with E-state index in [4.69, 9.17) is 24.7 Å². The van der Waals surface area contributed by atoms with Gasteiger partial charge in [-0.2, -0.15) is 0 Å². The Kier molecular flexibility index (Phi) is 2.25. The van der Waals surface area contributed by atoms with E-state index in [2.05, 4.69) is 0 Å². The zero-order valence-electron chi connectivity index (χ0n) is 48.1. The van der Waals surface area contributed by atoms with Crippen molar-refractivity contribution >= 4 is 32.3 Å². The molecule has 196 valence electrons. The molecule has 0 spiro atoms. The molecule has 0 radical (unpaired) electrons. The molecule has 0 atom stereocenters. The monoisotopic (exact) mass is 559 g/mol. The van der Waals surface area contributed by atoms with Gasteiger partial charge in [0.05, 0.1) is 37.0 Å². The van der Waals surface area contributed by atoms with Gasteiger partial charge in [0.25, 0.3) is 0 Å². The third-order valence-corrected chi connectivity index (χ3v) is 6.51. The third kappa shape index (κ3) is 4.08. The Labute approximate surface area is 284 Å². The van der Waals surface area contributed by atoms with Crippen LogP contribution >= 0.6 is 0 Å².